The minimum atomic E-state index is -0.138. The van der Waals surface area contributed by atoms with Crippen molar-refractivity contribution in [1.29, 1.82) is 0 Å². The maximum atomic E-state index is 12.4. The Labute approximate surface area is 133 Å². The van der Waals surface area contributed by atoms with Crippen LogP contribution >= 0.6 is 22.7 Å². The van der Waals surface area contributed by atoms with Crippen molar-refractivity contribution in [3.63, 3.8) is 0 Å². The highest BCUT2D eigenvalue weighted by Gasteiger charge is 2.15. The lowest BCUT2D eigenvalue weighted by atomic mass is 10.2. The summed E-state index contributed by atoms with van der Waals surface area (Å²) in [6.45, 7) is 1.95. The van der Waals surface area contributed by atoms with Gasteiger partial charge >= 0.3 is 0 Å². The highest BCUT2D eigenvalue weighted by molar-refractivity contribution is 7.17. The minimum absolute atomic E-state index is 0.138. The average Bonchev–Trinajstić information content (AvgIpc) is 3.18. The van der Waals surface area contributed by atoms with Crippen LogP contribution in [0.4, 0.5) is 0 Å². The van der Waals surface area contributed by atoms with Gasteiger partial charge in [0.25, 0.3) is 5.56 Å². The van der Waals surface area contributed by atoms with Gasteiger partial charge < -0.3 is 9.40 Å². The van der Waals surface area contributed by atoms with Gasteiger partial charge in [-0.15, -0.1) is 22.7 Å². The van der Waals surface area contributed by atoms with E-state index in [1.165, 1.54) is 11.3 Å². The number of aromatic nitrogens is 3. The number of hydrogen-bond donors (Lipinski definition) is 1. The summed E-state index contributed by atoms with van der Waals surface area (Å²) in [4.78, 5) is 25.0. The molecule has 1 N–H and O–H groups in total. The van der Waals surface area contributed by atoms with E-state index in [-0.39, 0.29) is 5.56 Å². The van der Waals surface area contributed by atoms with Gasteiger partial charge in [-0.1, -0.05) is 0 Å². The molecule has 0 aliphatic rings. The Hall–Kier alpha value is -2.25. The molecule has 0 spiro atoms. The molecule has 0 atom stereocenters. The van der Waals surface area contributed by atoms with E-state index in [0.29, 0.717) is 23.4 Å². The first-order valence-electron chi connectivity index (χ1n) is 6.66. The summed E-state index contributed by atoms with van der Waals surface area (Å²) in [6, 6.07) is 3.65. The highest BCUT2D eigenvalue weighted by atomic mass is 32.1. The zero-order chi connectivity index (χ0) is 15.1. The normalized spacial score (nSPS) is 11.3. The molecule has 110 valence electrons. The third-order valence-corrected chi connectivity index (χ3v) is 5.10. The Morgan fingerprint density at radius 3 is 2.91 bits per heavy atom. The summed E-state index contributed by atoms with van der Waals surface area (Å²) >= 11 is 3.02. The summed E-state index contributed by atoms with van der Waals surface area (Å²) < 4.78 is 5.39. The molecule has 0 bridgehead atoms. The topological polar surface area (TPSA) is 71.8 Å². The second-order valence-corrected chi connectivity index (χ2v) is 6.68. The lowest BCUT2D eigenvalue weighted by Crippen LogP contribution is -2.11. The molecular weight excluding hydrogens is 318 g/mol. The third kappa shape index (κ3) is 2.28. The smallest absolute Gasteiger partial charge is 0.260 e. The number of nitrogens with zero attached hydrogens (tertiary/aromatic N) is 2. The van der Waals surface area contributed by atoms with Gasteiger partial charge in [-0.2, -0.15) is 0 Å². The van der Waals surface area contributed by atoms with Crippen molar-refractivity contribution in [2.45, 2.75) is 13.3 Å². The van der Waals surface area contributed by atoms with E-state index in [1.807, 2.05) is 23.8 Å². The molecule has 0 amide bonds. The summed E-state index contributed by atoms with van der Waals surface area (Å²) in [6.07, 6.45) is 2.14. The summed E-state index contributed by atoms with van der Waals surface area (Å²) in [5.74, 6) is 1.32. The first kappa shape index (κ1) is 13.4. The standard InChI is InChI=1S/C15H11N3O2S2/c1-8-6-21-12(16-8)5-11-17-14(19)13-9(7-22-15(13)18-11)10-3-2-4-20-10/h2-4,6-7H,5H2,1H3,(H,17,18,19). The van der Waals surface area contributed by atoms with E-state index in [2.05, 4.69) is 15.0 Å². The van der Waals surface area contributed by atoms with E-state index in [4.69, 9.17) is 4.42 Å². The summed E-state index contributed by atoms with van der Waals surface area (Å²) in [5, 5.41) is 5.43. The lowest BCUT2D eigenvalue weighted by Gasteiger charge is -1.99. The zero-order valence-corrected chi connectivity index (χ0v) is 13.3. The molecule has 0 radical (unpaired) electrons. The fourth-order valence-electron chi connectivity index (χ4n) is 2.32. The molecule has 0 unspecified atom stereocenters. The molecule has 5 nitrogen and oxygen atoms in total. The van der Waals surface area contributed by atoms with Crippen molar-refractivity contribution < 1.29 is 4.42 Å². The maximum absolute atomic E-state index is 12.4. The molecule has 4 heterocycles. The van der Waals surface area contributed by atoms with Gasteiger partial charge in [-0.3, -0.25) is 4.79 Å². The lowest BCUT2D eigenvalue weighted by molar-refractivity contribution is 0.583. The second kappa shape index (κ2) is 5.19. The number of fused-ring (bicyclic) bond motifs is 1. The highest BCUT2D eigenvalue weighted by Crippen LogP contribution is 2.31. The molecule has 4 rings (SSSR count). The van der Waals surface area contributed by atoms with Crippen LogP contribution in [0.5, 0.6) is 0 Å². The van der Waals surface area contributed by atoms with E-state index in [1.54, 1.807) is 23.7 Å². The van der Waals surface area contributed by atoms with Crippen molar-refractivity contribution in [2.75, 3.05) is 0 Å². The second-order valence-electron chi connectivity index (χ2n) is 4.88. The number of aryl methyl sites for hydroxylation is 1. The molecule has 0 aliphatic carbocycles. The average molecular weight is 329 g/mol. The van der Waals surface area contributed by atoms with Crippen LogP contribution in [0, 0.1) is 6.92 Å². The Bertz CT molecular complexity index is 996. The largest absolute Gasteiger partial charge is 0.464 e. The third-order valence-electron chi connectivity index (χ3n) is 3.26. The molecule has 7 heteroatoms. The van der Waals surface area contributed by atoms with Gasteiger partial charge in [-0.25, -0.2) is 9.97 Å². The van der Waals surface area contributed by atoms with Gasteiger partial charge in [0.1, 0.15) is 21.4 Å². The minimum Gasteiger partial charge on any atom is -0.464 e. The van der Waals surface area contributed by atoms with Gasteiger partial charge in [0.2, 0.25) is 0 Å². The van der Waals surface area contributed by atoms with Gasteiger partial charge in [0, 0.05) is 22.0 Å². The molecule has 0 fully saturated rings. The van der Waals surface area contributed by atoms with Crippen molar-refractivity contribution in [2.24, 2.45) is 0 Å². The van der Waals surface area contributed by atoms with Crippen molar-refractivity contribution in [1.82, 2.24) is 15.0 Å². The number of rotatable bonds is 3. The first-order chi connectivity index (χ1) is 10.7. The molecule has 4 aromatic heterocycles. The van der Waals surface area contributed by atoms with Crippen LogP contribution in [-0.4, -0.2) is 15.0 Å². The molecule has 0 aromatic carbocycles. The Morgan fingerprint density at radius 1 is 1.27 bits per heavy atom. The number of thiophene rings is 1. The molecular formula is C15H11N3O2S2. The monoisotopic (exact) mass is 329 g/mol. The van der Waals surface area contributed by atoms with Crippen LogP contribution in [-0.2, 0) is 6.42 Å². The quantitative estimate of drug-likeness (QED) is 0.623. The predicted octanol–water partition coefficient (Wildman–Crippen LogP) is 3.60. The number of thiazole rings is 1. The summed E-state index contributed by atoms with van der Waals surface area (Å²) in [7, 11) is 0. The van der Waals surface area contributed by atoms with Crippen molar-refractivity contribution in [3.05, 3.63) is 56.0 Å². The van der Waals surface area contributed by atoms with E-state index < -0.39 is 0 Å². The van der Waals surface area contributed by atoms with Gasteiger partial charge in [0.15, 0.2) is 0 Å². The van der Waals surface area contributed by atoms with Crippen molar-refractivity contribution >= 4 is 32.9 Å². The number of furan rings is 1. The fourth-order valence-corrected chi connectivity index (χ4v) is 4.04. The van der Waals surface area contributed by atoms with E-state index in [0.717, 1.165) is 21.1 Å². The molecule has 0 aliphatic heterocycles. The Morgan fingerprint density at radius 2 is 2.18 bits per heavy atom. The number of H-pyrrole nitrogens is 1. The van der Waals surface area contributed by atoms with Crippen LogP contribution < -0.4 is 5.56 Å². The van der Waals surface area contributed by atoms with Gasteiger partial charge in [0.05, 0.1) is 18.1 Å². The number of hydrogen-bond acceptors (Lipinski definition) is 6. The number of aromatic amines is 1. The molecule has 4 aromatic rings. The van der Waals surface area contributed by atoms with E-state index in [9.17, 15) is 4.79 Å². The van der Waals surface area contributed by atoms with Crippen LogP contribution in [0.25, 0.3) is 21.5 Å². The van der Waals surface area contributed by atoms with Crippen LogP contribution in [0.15, 0.2) is 38.4 Å². The number of nitrogens with one attached hydrogen (secondary N) is 1. The Kier molecular flexibility index (Phi) is 3.16. The van der Waals surface area contributed by atoms with Crippen molar-refractivity contribution in [3.8, 4) is 11.3 Å². The fraction of sp³-hybridized carbons (Fsp3) is 0.133. The molecule has 0 saturated carbocycles. The van der Waals surface area contributed by atoms with E-state index >= 15 is 0 Å². The maximum Gasteiger partial charge on any atom is 0.260 e. The molecule has 22 heavy (non-hydrogen) atoms. The first-order valence-corrected chi connectivity index (χ1v) is 8.42. The summed E-state index contributed by atoms with van der Waals surface area (Å²) in [5.41, 5.74) is 1.64. The SMILES string of the molecule is Cc1csc(Cc2nc3scc(-c4ccco4)c3c(=O)[nH]2)n1. The van der Waals surface area contributed by atoms with Crippen LogP contribution in [0.1, 0.15) is 16.5 Å². The molecule has 0 saturated heterocycles. The Balaban J connectivity index is 1.80. The van der Waals surface area contributed by atoms with Gasteiger partial charge in [-0.05, 0) is 19.1 Å². The van der Waals surface area contributed by atoms with Crippen LogP contribution in [0.3, 0.4) is 0 Å². The predicted molar refractivity (Wildman–Crippen MR) is 87.6 cm³/mol. The van der Waals surface area contributed by atoms with Crippen LogP contribution in [0.2, 0.25) is 0 Å². The zero-order valence-electron chi connectivity index (χ0n) is 11.6.